The monoisotopic (exact) mass is 447 g/mol. The number of nitro benzene ring substituents is 1. The SMILES string of the molecule is COc1ccc(/C=C2\Oc3cc(OC(=O)c4ccc([N+](=O)[O-])cc4)ccc3C2=O)c(OC)c1. The number of fused-ring (bicyclic) bond motifs is 1. The summed E-state index contributed by atoms with van der Waals surface area (Å²) < 4.78 is 21.6. The topological polar surface area (TPSA) is 114 Å². The molecule has 1 aliphatic rings. The summed E-state index contributed by atoms with van der Waals surface area (Å²) in [5, 5.41) is 10.7. The lowest BCUT2D eigenvalue weighted by Crippen LogP contribution is -2.08. The molecule has 0 amide bonds. The molecule has 0 spiro atoms. The summed E-state index contributed by atoms with van der Waals surface area (Å²) in [7, 11) is 3.05. The Morgan fingerprint density at radius 1 is 0.970 bits per heavy atom. The highest BCUT2D eigenvalue weighted by Gasteiger charge is 2.28. The number of esters is 1. The average Bonchev–Trinajstić information content (AvgIpc) is 3.13. The molecule has 0 saturated heterocycles. The van der Waals surface area contributed by atoms with Crippen molar-refractivity contribution in [2.45, 2.75) is 0 Å². The van der Waals surface area contributed by atoms with Crippen molar-refractivity contribution in [3.63, 3.8) is 0 Å². The largest absolute Gasteiger partial charge is 0.497 e. The van der Waals surface area contributed by atoms with E-state index in [1.807, 2.05) is 0 Å². The molecular weight excluding hydrogens is 430 g/mol. The standard InChI is InChI=1S/C24H17NO8/c1-30-17-8-5-15(20(12-17)31-2)11-22-23(26)19-10-9-18(13-21(19)33-22)32-24(27)14-3-6-16(7-4-14)25(28)29/h3-13H,1-2H3/b22-11-. The molecule has 1 aliphatic heterocycles. The van der Waals surface area contributed by atoms with Crippen molar-refractivity contribution in [3.05, 3.63) is 93.2 Å². The lowest BCUT2D eigenvalue weighted by atomic mass is 10.1. The third-order valence-corrected chi connectivity index (χ3v) is 4.89. The predicted octanol–water partition coefficient (Wildman–Crippen LogP) is 4.45. The first-order chi connectivity index (χ1) is 15.9. The number of rotatable bonds is 6. The van der Waals surface area contributed by atoms with Crippen LogP contribution in [0.3, 0.4) is 0 Å². The summed E-state index contributed by atoms with van der Waals surface area (Å²) in [6.07, 6.45) is 1.56. The summed E-state index contributed by atoms with van der Waals surface area (Å²) in [5.74, 6) is 0.583. The number of Topliss-reactive ketones (excluding diaryl/α,β-unsaturated/α-hetero) is 1. The molecular formula is C24H17NO8. The van der Waals surface area contributed by atoms with Crippen molar-refractivity contribution in [3.8, 4) is 23.0 Å². The number of ketones is 1. The summed E-state index contributed by atoms with van der Waals surface area (Å²) in [6, 6.07) is 14.6. The molecule has 9 nitrogen and oxygen atoms in total. The van der Waals surface area contributed by atoms with Crippen molar-refractivity contribution in [2.75, 3.05) is 14.2 Å². The molecule has 0 aliphatic carbocycles. The Balaban J connectivity index is 1.54. The van der Waals surface area contributed by atoms with Gasteiger partial charge < -0.3 is 18.9 Å². The summed E-state index contributed by atoms with van der Waals surface area (Å²) in [4.78, 5) is 35.3. The van der Waals surface area contributed by atoms with Gasteiger partial charge in [-0.2, -0.15) is 0 Å². The second kappa shape index (κ2) is 8.83. The fourth-order valence-electron chi connectivity index (χ4n) is 3.19. The summed E-state index contributed by atoms with van der Waals surface area (Å²) in [6.45, 7) is 0. The van der Waals surface area contributed by atoms with Crippen LogP contribution < -0.4 is 18.9 Å². The minimum absolute atomic E-state index is 0.0901. The Hall–Kier alpha value is -4.66. The van der Waals surface area contributed by atoms with E-state index < -0.39 is 10.9 Å². The van der Waals surface area contributed by atoms with Gasteiger partial charge in [-0.25, -0.2) is 4.79 Å². The first kappa shape index (κ1) is 21.6. The molecule has 0 atom stereocenters. The Morgan fingerprint density at radius 2 is 1.70 bits per heavy atom. The van der Waals surface area contributed by atoms with Crippen LogP contribution in [0.25, 0.3) is 6.08 Å². The minimum atomic E-state index is -0.701. The van der Waals surface area contributed by atoms with Crippen LogP contribution in [0.15, 0.2) is 66.4 Å². The Bertz CT molecular complexity index is 1290. The average molecular weight is 447 g/mol. The predicted molar refractivity (Wildman–Crippen MR) is 117 cm³/mol. The van der Waals surface area contributed by atoms with Gasteiger partial charge in [0.2, 0.25) is 5.78 Å². The number of allylic oxidation sites excluding steroid dienone is 1. The normalized spacial score (nSPS) is 13.3. The summed E-state index contributed by atoms with van der Waals surface area (Å²) >= 11 is 0. The van der Waals surface area contributed by atoms with Crippen molar-refractivity contribution in [1.29, 1.82) is 0 Å². The lowest BCUT2D eigenvalue weighted by Gasteiger charge is -2.08. The molecule has 0 aromatic heterocycles. The van der Waals surface area contributed by atoms with Gasteiger partial charge in [-0.05, 0) is 42.5 Å². The van der Waals surface area contributed by atoms with Gasteiger partial charge in [-0.3, -0.25) is 14.9 Å². The van der Waals surface area contributed by atoms with Crippen LogP contribution in [0, 0.1) is 10.1 Å². The number of methoxy groups -OCH3 is 2. The van der Waals surface area contributed by atoms with Gasteiger partial charge in [-0.15, -0.1) is 0 Å². The van der Waals surface area contributed by atoms with E-state index in [0.717, 1.165) is 0 Å². The molecule has 0 fully saturated rings. The summed E-state index contributed by atoms with van der Waals surface area (Å²) in [5.41, 5.74) is 0.956. The number of carbonyl (C=O) groups is 2. The van der Waals surface area contributed by atoms with E-state index in [2.05, 4.69) is 0 Å². The molecule has 0 saturated carbocycles. The van der Waals surface area contributed by atoms with Gasteiger partial charge in [0.15, 0.2) is 5.76 Å². The number of hydrogen-bond donors (Lipinski definition) is 0. The third kappa shape index (κ3) is 4.38. The van der Waals surface area contributed by atoms with Crippen LogP contribution in [0.2, 0.25) is 0 Å². The molecule has 166 valence electrons. The van der Waals surface area contributed by atoms with E-state index in [0.29, 0.717) is 22.6 Å². The number of hydrogen-bond acceptors (Lipinski definition) is 8. The fraction of sp³-hybridized carbons (Fsp3) is 0.0833. The highest BCUT2D eigenvalue weighted by Crippen LogP contribution is 2.36. The second-order valence-electron chi connectivity index (χ2n) is 6.90. The first-order valence-electron chi connectivity index (χ1n) is 9.66. The first-order valence-corrected chi connectivity index (χ1v) is 9.66. The van der Waals surface area contributed by atoms with Crippen LogP contribution in [-0.2, 0) is 0 Å². The second-order valence-corrected chi connectivity index (χ2v) is 6.90. The number of non-ortho nitro benzene ring substituents is 1. The van der Waals surface area contributed by atoms with Gasteiger partial charge in [0.1, 0.15) is 23.0 Å². The Morgan fingerprint density at radius 3 is 2.36 bits per heavy atom. The Kier molecular flexibility index (Phi) is 5.77. The highest BCUT2D eigenvalue weighted by atomic mass is 16.6. The molecule has 3 aromatic rings. The van der Waals surface area contributed by atoms with Crippen LogP contribution in [-0.4, -0.2) is 30.9 Å². The van der Waals surface area contributed by atoms with Crippen LogP contribution in [0.1, 0.15) is 26.3 Å². The van der Waals surface area contributed by atoms with Crippen molar-refractivity contribution >= 4 is 23.5 Å². The van der Waals surface area contributed by atoms with Gasteiger partial charge in [0, 0.05) is 29.8 Å². The quantitative estimate of drug-likeness (QED) is 0.179. The maximum absolute atomic E-state index is 12.7. The van der Waals surface area contributed by atoms with Crippen LogP contribution in [0.4, 0.5) is 5.69 Å². The number of benzene rings is 3. The zero-order valence-corrected chi connectivity index (χ0v) is 17.6. The van der Waals surface area contributed by atoms with Crippen molar-refractivity contribution in [2.24, 2.45) is 0 Å². The van der Waals surface area contributed by atoms with E-state index in [4.69, 9.17) is 18.9 Å². The minimum Gasteiger partial charge on any atom is -0.497 e. The van der Waals surface area contributed by atoms with E-state index in [1.165, 1.54) is 49.6 Å². The van der Waals surface area contributed by atoms with Gasteiger partial charge in [0.25, 0.3) is 5.69 Å². The van der Waals surface area contributed by atoms with Crippen LogP contribution >= 0.6 is 0 Å². The van der Waals surface area contributed by atoms with E-state index in [1.54, 1.807) is 31.4 Å². The van der Waals surface area contributed by atoms with Crippen molar-refractivity contribution in [1.82, 2.24) is 0 Å². The number of ether oxygens (including phenoxy) is 4. The molecule has 0 unspecified atom stereocenters. The van der Waals surface area contributed by atoms with Gasteiger partial charge in [-0.1, -0.05) is 0 Å². The van der Waals surface area contributed by atoms with Crippen molar-refractivity contribution < 1.29 is 33.5 Å². The fourth-order valence-corrected chi connectivity index (χ4v) is 3.19. The smallest absolute Gasteiger partial charge is 0.343 e. The maximum atomic E-state index is 12.7. The van der Waals surface area contributed by atoms with E-state index in [-0.39, 0.29) is 34.3 Å². The molecule has 4 rings (SSSR count). The molecule has 9 heteroatoms. The zero-order chi connectivity index (χ0) is 23.5. The Labute approximate surface area is 187 Å². The maximum Gasteiger partial charge on any atom is 0.343 e. The zero-order valence-electron chi connectivity index (χ0n) is 17.6. The molecule has 1 heterocycles. The van der Waals surface area contributed by atoms with Gasteiger partial charge in [0.05, 0.1) is 30.3 Å². The van der Waals surface area contributed by atoms with E-state index in [9.17, 15) is 19.7 Å². The molecule has 0 bridgehead atoms. The number of carbonyl (C=O) groups excluding carboxylic acids is 2. The third-order valence-electron chi connectivity index (χ3n) is 4.89. The van der Waals surface area contributed by atoms with Gasteiger partial charge >= 0.3 is 5.97 Å². The number of nitro groups is 1. The molecule has 3 aromatic carbocycles. The molecule has 33 heavy (non-hydrogen) atoms. The highest BCUT2D eigenvalue weighted by molar-refractivity contribution is 6.14. The van der Waals surface area contributed by atoms with E-state index >= 15 is 0 Å². The molecule has 0 N–H and O–H groups in total. The number of nitrogens with zero attached hydrogens (tertiary/aromatic N) is 1. The lowest BCUT2D eigenvalue weighted by molar-refractivity contribution is -0.384. The molecule has 0 radical (unpaired) electrons. The van der Waals surface area contributed by atoms with Crippen LogP contribution in [0.5, 0.6) is 23.0 Å².